The molecule has 3 N–H and O–H groups in total. The lowest BCUT2D eigenvalue weighted by molar-refractivity contribution is -0.137. The van der Waals surface area contributed by atoms with Gasteiger partial charge in [-0.15, -0.1) is 0 Å². The van der Waals surface area contributed by atoms with Crippen LogP contribution in [0.3, 0.4) is 0 Å². The summed E-state index contributed by atoms with van der Waals surface area (Å²) in [4.78, 5) is 0. The number of rotatable bonds is 7. The predicted molar refractivity (Wildman–Crippen MR) is 70.1 cm³/mol. The van der Waals surface area contributed by atoms with Gasteiger partial charge in [0.25, 0.3) is 0 Å². The summed E-state index contributed by atoms with van der Waals surface area (Å²) in [7, 11) is 0. The fraction of sp³-hybridized carbons (Fsp3) is 0.571. The van der Waals surface area contributed by atoms with E-state index in [-0.39, 0.29) is 24.6 Å². The first kappa shape index (κ1) is 16.9. The second-order valence-corrected chi connectivity index (χ2v) is 4.91. The lowest BCUT2D eigenvalue weighted by Crippen LogP contribution is -2.26. The van der Waals surface area contributed by atoms with Crippen molar-refractivity contribution < 1.29 is 23.4 Å². The van der Waals surface area contributed by atoms with Gasteiger partial charge in [-0.2, -0.15) is 13.2 Å². The van der Waals surface area contributed by atoms with Gasteiger partial charge >= 0.3 is 6.18 Å². The van der Waals surface area contributed by atoms with Gasteiger partial charge in [-0.1, -0.05) is 19.1 Å². The molecule has 1 aromatic rings. The van der Waals surface area contributed by atoms with E-state index in [1.165, 1.54) is 12.1 Å². The Labute approximate surface area is 116 Å². The van der Waals surface area contributed by atoms with Crippen LogP contribution in [0, 0.1) is 5.92 Å². The Balaban J connectivity index is 2.53. The third-order valence-corrected chi connectivity index (χ3v) is 3.05. The van der Waals surface area contributed by atoms with Crippen LogP contribution in [0.4, 0.5) is 13.2 Å². The van der Waals surface area contributed by atoms with Crippen molar-refractivity contribution in [2.75, 3.05) is 19.7 Å². The van der Waals surface area contributed by atoms with Crippen molar-refractivity contribution in [3.63, 3.8) is 0 Å². The Morgan fingerprint density at radius 3 is 2.55 bits per heavy atom. The number of benzene rings is 1. The topological polar surface area (TPSA) is 52.5 Å². The molecule has 0 aliphatic heterocycles. The van der Waals surface area contributed by atoms with Crippen molar-refractivity contribution in [2.45, 2.75) is 25.6 Å². The number of aliphatic hydroxyl groups excluding tert-OH is 2. The van der Waals surface area contributed by atoms with E-state index in [9.17, 15) is 18.3 Å². The van der Waals surface area contributed by atoms with Gasteiger partial charge in [0.1, 0.15) is 0 Å². The average Bonchev–Trinajstić information content (AvgIpc) is 2.38. The van der Waals surface area contributed by atoms with Gasteiger partial charge < -0.3 is 15.5 Å². The van der Waals surface area contributed by atoms with E-state index in [1.54, 1.807) is 0 Å². The fourth-order valence-electron chi connectivity index (χ4n) is 1.83. The molecule has 0 amide bonds. The van der Waals surface area contributed by atoms with Gasteiger partial charge in [-0.25, -0.2) is 0 Å². The van der Waals surface area contributed by atoms with Crippen LogP contribution in [-0.2, 0) is 6.18 Å². The van der Waals surface area contributed by atoms with Crippen LogP contribution in [0.15, 0.2) is 24.3 Å². The smallest absolute Gasteiger partial charge is 0.396 e. The van der Waals surface area contributed by atoms with Crippen molar-refractivity contribution in [2.24, 2.45) is 5.92 Å². The highest BCUT2D eigenvalue weighted by molar-refractivity contribution is 5.27. The second kappa shape index (κ2) is 7.61. The second-order valence-electron chi connectivity index (χ2n) is 4.91. The first-order valence-electron chi connectivity index (χ1n) is 6.51. The molecular weight excluding hydrogens is 271 g/mol. The standard InChI is InChI=1S/C14H20F3NO2/c1-10(5-6-19)8-18-9-13(20)11-3-2-4-12(7-11)14(15,16)17/h2-4,7,10,13,18-20H,5-6,8-9H2,1H3. The summed E-state index contributed by atoms with van der Waals surface area (Å²) in [6.07, 6.45) is -4.75. The zero-order valence-corrected chi connectivity index (χ0v) is 11.3. The normalized spacial score (nSPS) is 15.1. The van der Waals surface area contributed by atoms with Crippen LogP contribution in [0.5, 0.6) is 0 Å². The Hall–Kier alpha value is -1.11. The number of halogens is 3. The van der Waals surface area contributed by atoms with Crippen LogP contribution >= 0.6 is 0 Å². The molecule has 1 aromatic carbocycles. The Morgan fingerprint density at radius 2 is 1.95 bits per heavy atom. The third kappa shape index (κ3) is 5.48. The van der Waals surface area contributed by atoms with E-state index in [0.29, 0.717) is 13.0 Å². The molecule has 114 valence electrons. The molecule has 0 heterocycles. The number of alkyl halides is 3. The van der Waals surface area contributed by atoms with Crippen LogP contribution < -0.4 is 5.32 Å². The maximum absolute atomic E-state index is 12.6. The van der Waals surface area contributed by atoms with Crippen LogP contribution in [0.2, 0.25) is 0 Å². The predicted octanol–water partition coefficient (Wildman–Crippen LogP) is 2.35. The monoisotopic (exact) mass is 291 g/mol. The first-order valence-corrected chi connectivity index (χ1v) is 6.51. The molecule has 3 nitrogen and oxygen atoms in total. The molecule has 0 aliphatic rings. The zero-order valence-electron chi connectivity index (χ0n) is 11.3. The van der Waals surface area contributed by atoms with Gasteiger partial charge in [0.2, 0.25) is 0 Å². The van der Waals surface area contributed by atoms with Crippen LogP contribution in [0.1, 0.15) is 30.6 Å². The van der Waals surface area contributed by atoms with E-state index in [4.69, 9.17) is 5.11 Å². The highest BCUT2D eigenvalue weighted by Crippen LogP contribution is 2.30. The number of aliphatic hydroxyl groups is 2. The molecule has 2 atom stereocenters. The first-order chi connectivity index (χ1) is 9.34. The Kier molecular flexibility index (Phi) is 6.45. The molecule has 0 aliphatic carbocycles. The zero-order chi connectivity index (χ0) is 15.2. The van der Waals surface area contributed by atoms with E-state index in [2.05, 4.69) is 5.32 Å². The van der Waals surface area contributed by atoms with Crippen molar-refractivity contribution in [1.82, 2.24) is 5.32 Å². The highest BCUT2D eigenvalue weighted by atomic mass is 19.4. The van der Waals surface area contributed by atoms with E-state index in [0.717, 1.165) is 12.1 Å². The van der Waals surface area contributed by atoms with Crippen LogP contribution in [-0.4, -0.2) is 29.9 Å². The fourth-order valence-corrected chi connectivity index (χ4v) is 1.83. The largest absolute Gasteiger partial charge is 0.416 e. The number of hydrogen-bond acceptors (Lipinski definition) is 3. The lowest BCUT2D eigenvalue weighted by atomic mass is 10.0. The molecule has 20 heavy (non-hydrogen) atoms. The van der Waals surface area contributed by atoms with E-state index < -0.39 is 17.8 Å². The maximum atomic E-state index is 12.6. The van der Waals surface area contributed by atoms with Crippen molar-refractivity contribution >= 4 is 0 Å². The van der Waals surface area contributed by atoms with Crippen LogP contribution in [0.25, 0.3) is 0 Å². The summed E-state index contributed by atoms with van der Waals surface area (Å²) >= 11 is 0. The van der Waals surface area contributed by atoms with Crippen molar-refractivity contribution in [3.05, 3.63) is 35.4 Å². The van der Waals surface area contributed by atoms with E-state index >= 15 is 0 Å². The molecule has 0 radical (unpaired) electrons. The van der Waals surface area contributed by atoms with Gasteiger partial charge in [0, 0.05) is 13.2 Å². The average molecular weight is 291 g/mol. The maximum Gasteiger partial charge on any atom is 0.416 e. The molecule has 0 bridgehead atoms. The van der Waals surface area contributed by atoms with Gasteiger partial charge in [-0.3, -0.25) is 0 Å². The third-order valence-electron chi connectivity index (χ3n) is 3.05. The Bertz CT molecular complexity index is 410. The molecule has 0 saturated carbocycles. The van der Waals surface area contributed by atoms with Gasteiger partial charge in [-0.05, 0) is 36.6 Å². The summed E-state index contributed by atoms with van der Waals surface area (Å²) in [5, 5.41) is 21.6. The SMILES string of the molecule is CC(CCO)CNCC(O)c1cccc(C(F)(F)F)c1. The number of hydrogen-bond donors (Lipinski definition) is 3. The lowest BCUT2D eigenvalue weighted by Gasteiger charge is -2.16. The molecule has 1 rings (SSSR count). The number of nitrogens with one attached hydrogen (secondary N) is 1. The summed E-state index contributed by atoms with van der Waals surface area (Å²) in [6, 6.07) is 4.70. The van der Waals surface area contributed by atoms with Gasteiger partial charge in [0.05, 0.1) is 11.7 Å². The van der Waals surface area contributed by atoms with Crippen molar-refractivity contribution in [3.8, 4) is 0 Å². The summed E-state index contributed by atoms with van der Waals surface area (Å²) in [5.74, 6) is 0.244. The molecule has 0 saturated heterocycles. The van der Waals surface area contributed by atoms with E-state index in [1.807, 2.05) is 6.92 Å². The van der Waals surface area contributed by atoms with Crippen molar-refractivity contribution in [1.29, 1.82) is 0 Å². The highest BCUT2D eigenvalue weighted by Gasteiger charge is 2.30. The molecule has 0 spiro atoms. The minimum atomic E-state index is -4.40. The van der Waals surface area contributed by atoms with Gasteiger partial charge in [0.15, 0.2) is 0 Å². The molecule has 2 unspecified atom stereocenters. The summed E-state index contributed by atoms with van der Waals surface area (Å²) < 4.78 is 37.7. The quantitative estimate of drug-likeness (QED) is 0.723. The molecule has 6 heteroatoms. The minimum absolute atomic E-state index is 0.0963. The summed E-state index contributed by atoms with van der Waals surface area (Å²) in [6.45, 7) is 2.81. The summed E-state index contributed by atoms with van der Waals surface area (Å²) in [5.41, 5.74) is -0.523. The molecule has 0 fully saturated rings. The Morgan fingerprint density at radius 1 is 1.25 bits per heavy atom. The minimum Gasteiger partial charge on any atom is -0.396 e. The molecule has 0 aromatic heterocycles. The molecular formula is C14H20F3NO2.